The van der Waals surface area contributed by atoms with Crippen LogP contribution in [0.25, 0.3) is 0 Å². The largest absolute Gasteiger partial charge is 0.382 e. The molecule has 2 aliphatic rings. The zero-order chi connectivity index (χ0) is 13.9. The number of carbonyl (C=O) groups is 1. The molecule has 2 aliphatic heterocycles. The van der Waals surface area contributed by atoms with Gasteiger partial charge in [0.15, 0.2) is 0 Å². The fourth-order valence-electron chi connectivity index (χ4n) is 3.34. The van der Waals surface area contributed by atoms with E-state index >= 15 is 0 Å². The van der Waals surface area contributed by atoms with Crippen LogP contribution in [0, 0.1) is 5.92 Å². The highest BCUT2D eigenvalue weighted by Gasteiger charge is 2.33. The minimum absolute atomic E-state index is 0.00292. The third kappa shape index (κ3) is 2.80. The molecule has 2 bridgehead atoms. The minimum atomic E-state index is 0.00292. The average Bonchev–Trinajstić information content (AvgIpc) is 2.86. The Labute approximate surface area is 120 Å². The van der Waals surface area contributed by atoms with Gasteiger partial charge in [-0.15, -0.1) is 0 Å². The van der Waals surface area contributed by atoms with Gasteiger partial charge >= 0.3 is 0 Å². The Bertz CT molecular complexity index is 471. The lowest BCUT2D eigenvalue weighted by Crippen LogP contribution is -2.39. The van der Waals surface area contributed by atoms with Crippen molar-refractivity contribution in [3.05, 3.63) is 29.8 Å². The molecule has 20 heavy (non-hydrogen) atoms. The van der Waals surface area contributed by atoms with Crippen LogP contribution < -0.4 is 10.6 Å². The summed E-state index contributed by atoms with van der Waals surface area (Å²) in [6.07, 6.45) is 2.54. The second-order valence-corrected chi connectivity index (χ2v) is 5.83. The summed E-state index contributed by atoms with van der Waals surface area (Å²) < 4.78 is 0. The highest BCUT2D eigenvalue weighted by molar-refractivity contribution is 5.94. The Morgan fingerprint density at radius 3 is 2.75 bits per heavy atom. The highest BCUT2D eigenvalue weighted by atomic mass is 16.1. The number of hydrogen-bond donors (Lipinski definition) is 2. The lowest BCUT2D eigenvalue weighted by Gasteiger charge is -2.31. The topological polar surface area (TPSA) is 44.4 Å². The molecule has 1 amide bonds. The van der Waals surface area contributed by atoms with E-state index in [1.54, 1.807) is 0 Å². The van der Waals surface area contributed by atoms with Crippen LogP contribution in [0.15, 0.2) is 24.3 Å². The van der Waals surface area contributed by atoms with Crippen molar-refractivity contribution in [3.8, 4) is 0 Å². The van der Waals surface area contributed by atoms with Crippen LogP contribution in [0.5, 0.6) is 0 Å². The van der Waals surface area contributed by atoms with Gasteiger partial charge < -0.3 is 15.5 Å². The first-order valence-corrected chi connectivity index (χ1v) is 7.63. The van der Waals surface area contributed by atoms with Gasteiger partial charge in [0, 0.05) is 36.9 Å². The fourth-order valence-corrected chi connectivity index (χ4v) is 3.34. The Kier molecular flexibility index (Phi) is 3.92. The molecule has 3 unspecified atom stereocenters. The van der Waals surface area contributed by atoms with Crippen molar-refractivity contribution >= 4 is 11.6 Å². The number of piperidine rings is 1. The molecule has 2 fully saturated rings. The zero-order valence-electron chi connectivity index (χ0n) is 12.1. The molecule has 1 aromatic carbocycles. The smallest absolute Gasteiger partial charge is 0.251 e. The van der Waals surface area contributed by atoms with Gasteiger partial charge in [0.1, 0.15) is 0 Å². The second-order valence-electron chi connectivity index (χ2n) is 5.83. The van der Waals surface area contributed by atoms with Crippen molar-refractivity contribution < 1.29 is 4.79 Å². The number of nitrogens with zero attached hydrogens (tertiary/aromatic N) is 1. The molecule has 1 aromatic rings. The van der Waals surface area contributed by atoms with E-state index < -0.39 is 0 Å². The second kappa shape index (κ2) is 5.83. The van der Waals surface area contributed by atoms with Gasteiger partial charge in [-0.05, 0) is 56.5 Å². The van der Waals surface area contributed by atoms with Crippen molar-refractivity contribution in [2.45, 2.75) is 25.8 Å². The maximum atomic E-state index is 11.7. The lowest BCUT2D eigenvalue weighted by atomic mass is 9.94. The number of rotatable bonds is 4. The maximum absolute atomic E-state index is 11.7. The van der Waals surface area contributed by atoms with E-state index in [2.05, 4.69) is 15.5 Å². The van der Waals surface area contributed by atoms with Gasteiger partial charge in [-0.1, -0.05) is 0 Å². The molecule has 0 spiro atoms. The zero-order valence-corrected chi connectivity index (χ0v) is 12.1. The van der Waals surface area contributed by atoms with Crippen LogP contribution in [0.1, 0.15) is 30.1 Å². The number of nitrogens with one attached hydrogen (secondary N) is 2. The van der Waals surface area contributed by atoms with E-state index in [1.807, 2.05) is 31.2 Å². The van der Waals surface area contributed by atoms with Gasteiger partial charge in [0.25, 0.3) is 5.91 Å². The Balaban J connectivity index is 1.62. The molecule has 3 rings (SSSR count). The average molecular weight is 273 g/mol. The minimum Gasteiger partial charge on any atom is -0.382 e. The summed E-state index contributed by atoms with van der Waals surface area (Å²) in [6, 6.07) is 8.43. The Morgan fingerprint density at radius 2 is 2.00 bits per heavy atom. The van der Waals surface area contributed by atoms with Gasteiger partial charge in [0.05, 0.1) is 0 Å². The van der Waals surface area contributed by atoms with E-state index in [-0.39, 0.29) is 5.91 Å². The number of hydrogen-bond acceptors (Lipinski definition) is 3. The van der Waals surface area contributed by atoms with Crippen LogP contribution in [-0.2, 0) is 0 Å². The number of anilines is 1. The molecular weight excluding hydrogens is 250 g/mol. The predicted octanol–water partition coefficient (Wildman–Crippen LogP) is 1.94. The third-order valence-electron chi connectivity index (χ3n) is 4.47. The lowest BCUT2D eigenvalue weighted by molar-refractivity contribution is 0.0956. The van der Waals surface area contributed by atoms with Crippen LogP contribution >= 0.6 is 0 Å². The molecule has 108 valence electrons. The van der Waals surface area contributed by atoms with E-state index in [0.29, 0.717) is 12.6 Å². The molecule has 4 heteroatoms. The number of carbonyl (C=O) groups excluding carboxylic acids is 1. The molecule has 0 saturated carbocycles. The van der Waals surface area contributed by atoms with Gasteiger partial charge in [0.2, 0.25) is 0 Å². The highest BCUT2D eigenvalue weighted by Crippen LogP contribution is 2.29. The third-order valence-corrected chi connectivity index (χ3v) is 4.47. The number of fused-ring (bicyclic) bond motifs is 2. The quantitative estimate of drug-likeness (QED) is 0.881. The number of benzene rings is 1. The summed E-state index contributed by atoms with van der Waals surface area (Å²) in [7, 11) is 0. The van der Waals surface area contributed by atoms with Crippen LogP contribution in [0.3, 0.4) is 0 Å². The molecule has 0 radical (unpaired) electrons. The van der Waals surface area contributed by atoms with E-state index in [4.69, 9.17) is 0 Å². The molecule has 2 saturated heterocycles. The van der Waals surface area contributed by atoms with E-state index in [1.165, 1.54) is 32.5 Å². The summed E-state index contributed by atoms with van der Waals surface area (Å²) in [6.45, 7) is 6.32. The van der Waals surface area contributed by atoms with Crippen molar-refractivity contribution in [2.75, 3.05) is 31.5 Å². The first-order chi connectivity index (χ1) is 9.76. The summed E-state index contributed by atoms with van der Waals surface area (Å²) >= 11 is 0. The normalized spacial score (nSPS) is 28.1. The predicted molar refractivity (Wildman–Crippen MR) is 81.0 cm³/mol. The molecular formula is C16H23N3O. The van der Waals surface area contributed by atoms with Crippen LogP contribution in [-0.4, -0.2) is 43.0 Å². The van der Waals surface area contributed by atoms with Crippen LogP contribution in [0.2, 0.25) is 0 Å². The molecule has 2 heterocycles. The van der Waals surface area contributed by atoms with Crippen molar-refractivity contribution in [1.29, 1.82) is 0 Å². The molecule has 3 atom stereocenters. The maximum Gasteiger partial charge on any atom is 0.251 e. The van der Waals surface area contributed by atoms with Crippen molar-refractivity contribution in [1.82, 2.24) is 10.2 Å². The standard InChI is InChI=1S/C16H23N3O/c1-2-17-16(20)12-3-5-14(6-4-12)18-15-8-10-19-9-7-13(15)11-19/h3-6,13,15,18H,2,7-11H2,1H3,(H,17,20). The number of amides is 1. The van der Waals surface area contributed by atoms with Crippen molar-refractivity contribution in [3.63, 3.8) is 0 Å². The molecule has 0 aromatic heterocycles. The first-order valence-electron chi connectivity index (χ1n) is 7.63. The van der Waals surface area contributed by atoms with Crippen molar-refractivity contribution in [2.24, 2.45) is 5.92 Å². The molecule has 2 N–H and O–H groups in total. The molecule has 0 aliphatic carbocycles. The Morgan fingerprint density at radius 1 is 1.25 bits per heavy atom. The van der Waals surface area contributed by atoms with E-state index in [9.17, 15) is 4.79 Å². The SMILES string of the molecule is CCNC(=O)c1ccc(NC2CCN3CCC2C3)cc1. The Hall–Kier alpha value is -1.55. The summed E-state index contributed by atoms with van der Waals surface area (Å²) in [5, 5.41) is 6.47. The monoisotopic (exact) mass is 273 g/mol. The first kappa shape index (κ1) is 13.4. The summed E-state index contributed by atoms with van der Waals surface area (Å²) in [5.41, 5.74) is 1.86. The summed E-state index contributed by atoms with van der Waals surface area (Å²) in [5.74, 6) is 0.787. The van der Waals surface area contributed by atoms with Crippen LogP contribution in [0.4, 0.5) is 5.69 Å². The summed E-state index contributed by atoms with van der Waals surface area (Å²) in [4.78, 5) is 14.3. The van der Waals surface area contributed by atoms with Gasteiger partial charge in [-0.3, -0.25) is 4.79 Å². The molecule has 4 nitrogen and oxygen atoms in total. The van der Waals surface area contributed by atoms with Gasteiger partial charge in [-0.25, -0.2) is 0 Å². The fraction of sp³-hybridized carbons (Fsp3) is 0.562. The van der Waals surface area contributed by atoms with Gasteiger partial charge in [-0.2, -0.15) is 0 Å². The van der Waals surface area contributed by atoms with E-state index in [0.717, 1.165) is 17.2 Å².